The summed E-state index contributed by atoms with van der Waals surface area (Å²) in [5.41, 5.74) is 6.56. The van der Waals surface area contributed by atoms with Gasteiger partial charge in [-0.25, -0.2) is 4.79 Å². The van der Waals surface area contributed by atoms with E-state index in [-0.39, 0.29) is 28.7 Å². The normalized spacial score (nSPS) is 11.6. The highest BCUT2D eigenvalue weighted by Gasteiger charge is 2.20. The molecule has 7 nitrogen and oxygen atoms in total. The Balaban J connectivity index is 2.00. The van der Waals surface area contributed by atoms with Gasteiger partial charge in [0.05, 0.1) is 5.56 Å². The monoisotopic (exact) mass is 382 g/mol. The first-order valence-corrected chi connectivity index (χ1v) is 8.75. The zero-order valence-electron chi connectivity index (χ0n) is 15.9. The number of carbonyl (C=O) groups excluding carboxylic acids is 4. The van der Waals surface area contributed by atoms with Crippen LogP contribution in [0.4, 0.5) is 5.69 Å². The Bertz CT molecular complexity index is 886. The van der Waals surface area contributed by atoms with Gasteiger partial charge in [-0.05, 0) is 55.5 Å². The Hall–Kier alpha value is -3.48. The van der Waals surface area contributed by atoms with Crippen LogP contribution >= 0.6 is 0 Å². The standard InChI is InChI=1S/C21H22N2O5/c1-12(2)20(26)23-17-10-8-14(9-11-17)18(24)13(3)28-21(27)16-6-4-15(5-7-16)19(22)25/h4-13H,1-3H3,(H2,22,25)(H,23,26). The van der Waals surface area contributed by atoms with Crippen LogP contribution in [0.2, 0.25) is 0 Å². The van der Waals surface area contributed by atoms with Gasteiger partial charge in [0.25, 0.3) is 0 Å². The highest BCUT2D eigenvalue weighted by Crippen LogP contribution is 2.15. The van der Waals surface area contributed by atoms with Gasteiger partial charge in [0.1, 0.15) is 0 Å². The van der Waals surface area contributed by atoms with E-state index < -0.39 is 18.0 Å². The third-order valence-electron chi connectivity index (χ3n) is 4.02. The summed E-state index contributed by atoms with van der Waals surface area (Å²) >= 11 is 0. The number of Topliss-reactive ketones (excluding diaryl/α,β-unsaturated/α-hetero) is 1. The Morgan fingerprint density at radius 1 is 0.821 bits per heavy atom. The van der Waals surface area contributed by atoms with Crippen LogP contribution in [0.1, 0.15) is 51.8 Å². The number of esters is 1. The number of anilines is 1. The summed E-state index contributed by atoms with van der Waals surface area (Å²) in [5.74, 6) is -1.93. The van der Waals surface area contributed by atoms with Gasteiger partial charge in [-0.15, -0.1) is 0 Å². The molecule has 146 valence electrons. The van der Waals surface area contributed by atoms with E-state index in [2.05, 4.69) is 5.32 Å². The molecule has 2 aromatic rings. The molecule has 7 heteroatoms. The molecule has 0 spiro atoms. The van der Waals surface area contributed by atoms with Crippen LogP contribution < -0.4 is 11.1 Å². The topological polar surface area (TPSA) is 116 Å². The van der Waals surface area contributed by atoms with Crippen molar-refractivity contribution in [3.05, 3.63) is 65.2 Å². The molecule has 0 fully saturated rings. The second kappa shape index (κ2) is 8.94. The number of ether oxygens (including phenoxy) is 1. The molecule has 0 saturated heterocycles. The first kappa shape index (κ1) is 20.8. The largest absolute Gasteiger partial charge is 0.451 e. The number of nitrogens with one attached hydrogen (secondary N) is 1. The fourth-order valence-corrected chi connectivity index (χ4v) is 2.29. The quantitative estimate of drug-likeness (QED) is 0.564. The van der Waals surface area contributed by atoms with Crippen LogP contribution in [-0.2, 0) is 9.53 Å². The zero-order chi connectivity index (χ0) is 20.8. The predicted molar refractivity (Wildman–Crippen MR) is 104 cm³/mol. The number of rotatable bonds is 7. The maximum atomic E-state index is 12.5. The van der Waals surface area contributed by atoms with Gasteiger partial charge in [-0.2, -0.15) is 0 Å². The van der Waals surface area contributed by atoms with Gasteiger partial charge < -0.3 is 15.8 Å². The van der Waals surface area contributed by atoms with Crippen LogP contribution in [0.3, 0.4) is 0 Å². The molecular weight excluding hydrogens is 360 g/mol. The summed E-state index contributed by atoms with van der Waals surface area (Å²) in [6.07, 6.45) is -1.00. The van der Waals surface area contributed by atoms with Gasteiger partial charge in [0.15, 0.2) is 6.10 Å². The summed E-state index contributed by atoms with van der Waals surface area (Å²) in [6.45, 7) is 5.04. The molecule has 0 radical (unpaired) electrons. The van der Waals surface area contributed by atoms with Crippen LogP contribution in [0, 0.1) is 5.92 Å². The van der Waals surface area contributed by atoms with E-state index in [1.807, 2.05) is 0 Å². The summed E-state index contributed by atoms with van der Waals surface area (Å²) in [4.78, 5) is 47.4. The molecule has 0 bridgehead atoms. The fourth-order valence-electron chi connectivity index (χ4n) is 2.29. The molecule has 0 aliphatic heterocycles. The van der Waals surface area contributed by atoms with E-state index in [1.54, 1.807) is 38.1 Å². The lowest BCUT2D eigenvalue weighted by atomic mass is 10.1. The van der Waals surface area contributed by atoms with Crippen molar-refractivity contribution in [3.63, 3.8) is 0 Å². The van der Waals surface area contributed by atoms with E-state index >= 15 is 0 Å². The van der Waals surface area contributed by atoms with E-state index in [4.69, 9.17) is 10.5 Å². The summed E-state index contributed by atoms with van der Waals surface area (Å²) in [6, 6.07) is 12.0. The Labute approximate surface area is 162 Å². The summed E-state index contributed by atoms with van der Waals surface area (Å²) < 4.78 is 5.20. The molecule has 2 amide bonds. The zero-order valence-corrected chi connectivity index (χ0v) is 15.9. The number of hydrogen-bond acceptors (Lipinski definition) is 5. The van der Waals surface area contributed by atoms with Crippen molar-refractivity contribution >= 4 is 29.3 Å². The number of benzene rings is 2. The van der Waals surface area contributed by atoms with E-state index in [0.29, 0.717) is 11.3 Å². The van der Waals surface area contributed by atoms with Crippen molar-refractivity contribution in [2.45, 2.75) is 26.9 Å². The first-order valence-electron chi connectivity index (χ1n) is 8.75. The van der Waals surface area contributed by atoms with Crippen molar-refractivity contribution < 1.29 is 23.9 Å². The van der Waals surface area contributed by atoms with Crippen LogP contribution in [-0.4, -0.2) is 29.7 Å². The van der Waals surface area contributed by atoms with Crippen molar-refractivity contribution in [3.8, 4) is 0 Å². The number of hydrogen-bond donors (Lipinski definition) is 2. The van der Waals surface area contributed by atoms with Gasteiger partial charge >= 0.3 is 5.97 Å². The number of ketones is 1. The Kier molecular flexibility index (Phi) is 6.65. The van der Waals surface area contributed by atoms with E-state index in [0.717, 1.165) is 0 Å². The SMILES string of the molecule is CC(C)C(=O)Nc1ccc(C(=O)C(C)OC(=O)c2ccc(C(N)=O)cc2)cc1. The minimum atomic E-state index is -1.00. The van der Waals surface area contributed by atoms with Crippen LogP contribution in [0.25, 0.3) is 0 Å². The highest BCUT2D eigenvalue weighted by atomic mass is 16.5. The summed E-state index contributed by atoms with van der Waals surface area (Å²) in [5, 5.41) is 2.73. The smallest absolute Gasteiger partial charge is 0.338 e. The molecule has 2 rings (SSSR count). The third kappa shape index (κ3) is 5.26. The Morgan fingerprint density at radius 2 is 1.32 bits per heavy atom. The fraction of sp³-hybridized carbons (Fsp3) is 0.238. The molecule has 28 heavy (non-hydrogen) atoms. The van der Waals surface area contributed by atoms with E-state index in [1.165, 1.54) is 31.2 Å². The molecule has 0 heterocycles. The van der Waals surface area contributed by atoms with Crippen molar-refractivity contribution in [2.24, 2.45) is 11.7 Å². The molecule has 0 aliphatic carbocycles. The third-order valence-corrected chi connectivity index (χ3v) is 4.02. The second-order valence-corrected chi connectivity index (χ2v) is 6.57. The minimum Gasteiger partial charge on any atom is -0.451 e. The molecule has 1 atom stereocenters. The van der Waals surface area contributed by atoms with E-state index in [9.17, 15) is 19.2 Å². The lowest BCUT2D eigenvalue weighted by Crippen LogP contribution is -2.24. The summed E-state index contributed by atoms with van der Waals surface area (Å²) in [7, 11) is 0. The molecular formula is C21H22N2O5. The van der Waals surface area contributed by atoms with Gasteiger partial charge in [-0.3, -0.25) is 14.4 Å². The number of carbonyl (C=O) groups is 4. The minimum absolute atomic E-state index is 0.122. The van der Waals surface area contributed by atoms with Crippen molar-refractivity contribution in [1.82, 2.24) is 0 Å². The maximum Gasteiger partial charge on any atom is 0.338 e. The molecule has 0 saturated carbocycles. The number of nitrogens with two attached hydrogens (primary N) is 1. The van der Waals surface area contributed by atoms with Gasteiger partial charge in [0.2, 0.25) is 17.6 Å². The maximum absolute atomic E-state index is 12.5. The average Bonchev–Trinajstić information content (AvgIpc) is 2.67. The molecule has 2 aromatic carbocycles. The van der Waals surface area contributed by atoms with Crippen LogP contribution in [0.15, 0.2) is 48.5 Å². The van der Waals surface area contributed by atoms with Gasteiger partial charge in [0, 0.05) is 22.7 Å². The highest BCUT2D eigenvalue weighted by molar-refractivity contribution is 6.02. The van der Waals surface area contributed by atoms with Crippen molar-refractivity contribution in [1.29, 1.82) is 0 Å². The second-order valence-electron chi connectivity index (χ2n) is 6.57. The van der Waals surface area contributed by atoms with Crippen LogP contribution in [0.5, 0.6) is 0 Å². The number of primary amides is 1. The Morgan fingerprint density at radius 3 is 1.82 bits per heavy atom. The van der Waals surface area contributed by atoms with Crippen molar-refractivity contribution in [2.75, 3.05) is 5.32 Å². The molecule has 0 aliphatic rings. The lowest BCUT2D eigenvalue weighted by molar-refractivity contribution is -0.118. The predicted octanol–water partition coefficient (Wildman–Crippen LogP) is 2.81. The molecule has 1 unspecified atom stereocenters. The average molecular weight is 382 g/mol. The lowest BCUT2D eigenvalue weighted by Gasteiger charge is -2.13. The number of amides is 2. The van der Waals surface area contributed by atoms with Gasteiger partial charge in [-0.1, -0.05) is 13.8 Å². The first-order chi connectivity index (χ1) is 13.2. The molecule has 0 aromatic heterocycles. The molecule has 3 N–H and O–H groups in total.